The van der Waals surface area contributed by atoms with Gasteiger partial charge in [-0.25, -0.2) is 0 Å². The van der Waals surface area contributed by atoms with Crippen LogP contribution in [0.25, 0.3) is 0 Å². The normalized spacial score (nSPS) is 10.2. The van der Waals surface area contributed by atoms with Crippen molar-refractivity contribution in [2.45, 2.75) is 52.4 Å². The van der Waals surface area contributed by atoms with Gasteiger partial charge >= 0.3 is 0 Å². The van der Waals surface area contributed by atoms with Crippen molar-refractivity contribution in [1.82, 2.24) is 0 Å². The van der Waals surface area contributed by atoms with Crippen molar-refractivity contribution in [2.75, 3.05) is 5.32 Å². The highest BCUT2D eigenvalue weighted by atomic mass is 16.1. The van der Waals surface area contributed by atoms with E-state index < -0.39 is 0 Å². The van der Waals surface area contributed by atoms with Gasteiger partial charge in [-0.3, -0.25) is 9.59 Å². The summed E-state index contributed by atoms with van der Waals surface area (Å²) < 4.78 is 0. The standard InChI is InChI=1S/C16H23NO2/c1-3-15(18)11-6-5-8-13-9-7-10-14(12-13)17-16(19)4-2/h7,9-10,12H,3-6,8,11H2,1-2H3,(H,17,19). The number of rotatable bonds is 8. The minimum absolute atomic E-state index is 0.0330. The third-order valence-electron chi connectivity index (χ3n) is 3.10. The molecule has 3 nitrogen and oxygen atoms in total. The maximum Gasteiger partial charge on any atom is 0.224 e. The SMILES string of the molecule is CCC(=O)CCCCc1cccc(NC(=O)CC)c1. The molecule has 0 atom stereocenters. The van der Waals surface area contributed by atoms with E-state index in [0.29, 0.717) is 25.0 Å². The molecular weight excluding hydrogens is 238 g/mol. The van der Waals surface area contributed by atoms with E-state index in [-0.39, 0.29) is 5.91 Å². The minimum atomic E-state index is 0.0330. The average molecular weight is 261 g/mol. The molecule has 1 N–H and O–H groups in total. The molecule has 0 aliphatic carbocycles. The molecule has 0 unspecified atom stereocenters. The van der Waals surface area contributed by atoms with Crippen LogP contribution in [0.2, 0.25) is 0 Å². The van der Waals surface area contributed by atoms with E-state index in [4.69, 9.17) is 0 Å². The van der Waals surface area contributed by atoms with Gasteiger partial charge in [0.2, 0.25) is 5.91 Å². The van der Waals surface area contributed by atoms with Gasteiger partial charge in [-0.1, -0.05) is 26.0 Å². The molecule has 3 heteroatoms. The van der Waals surface area contributed by atoms with E-state index in [1.807, 2.05) is 32.0 Å². The highest BCUT2D eigenvalue weighted by molar-refractivity contribution is 5.90. The Hall–Kier alpha value is -1.64. The second-order valence-electron chi connectivity index (χ2n) is 4.70. The quantitative estimate of drug-likeness (QED) is 0.725. The molecule has 0 saturated carbocycles. The molecule has 0 aliphatic heterocycles. The minimum Gasteiger partial charge on any atom is -0.326 e. The van der Waals surface area contributed by atoms with Crippen molar-refractivity contribution >= 4 is 17.4 Å². The molecule has 0 bridgehead atoms. The highest BCUT2D eigenvalue weighted by Gasteiger charge is 2.01. The molecule has 1 aromatic rings. The molecule has 0 aromatic heterocycles. The fraction of sp³-hybridized carbons (Fsp3) is 0.500. The van der Waals surface area contributed by atoms with E-state index in [2.05, 4.69) is 11.4 Å². The first kappa shape index (κ1) is 15.4. The molecule has 0 aliphatic rings. The van der Waals surface area contributed by atoms with Crippen LogP contribution in [0.5, 0.6) is 0 Å². The number of unbranched alkanes of at least 4 members (excludes halogenated alkanes) is 1. The second-order valence-corrected chi connectivity index (χ2v) is 4.70. The van der Waals surface area contributed by atoms with Crippen LogP contribution >= 0.6 is 0 Å². The Morgan fingerprint density at radius 1 is 1.11 bits per heavy atom. The molecule has 0 heterocycles. The van der Waals surface area contributed by atoms with Gasteiger partial charge in [0.05, 0.1) is 0 Å². The maximum absolute atomic E-state index is 11.3. The van der Waals surface area contributed by atoms with Crippen molar-refractivity contribution < 1.29 is 9.59 Å². The molecule has 1 aromatic carbocycles. The molecule has 104 valence electrons. The first-order valence-corrected chi connectivity index (χ1v) is 7.06. The van der Waals surface area contributed by atoms with Gasteiger partial charge in [-0.05, 0) is 37.0 Å². The molecular formula is C16H23NO2. The van der Waals surface area contributed by atoms with Gasteiger partial charge in [-0.15, -0.1) is 0 Å². The number of carbonyl (C=O) groups excluding carboxylic acids is 2. The molecule has 0 fully saturated rings. The van der Waals surface area contributed by atoms with Gasteiger partial charge in [-0.2, -0.15) is 0 Å². The third kappa shape index (κ3) is 6.18. The number of Topliss-reactive ketones (excluding diaryl/α,β-unsaturated/α-hetero) is 1. The topological polar surface area (TPSA) is 46.2 Å². The lowest BCUT2D eigenvalue weighted by Crippen LogP contribution is -2.09. The third-order valence-corrected chi connectivity index (χ3v) is 3.10. The molecule has 1 rings (SSSR count). The van der Waals surface area contributed by atoms with Crippen LogP contribution in [0.1, 0.15) is 51.5 Å². The lowest BCUT2D eigenvalue weighted by molar-refractivity contribution is -0.119. The number of hydrogen-bond acceptors (Lipinski definition) is 2. The van der Waals surface area contributed by atoms with E-state index in [1.54, 1.807) is 0 Å². The summed E-state index contributed by atoms with van der Waals surface area (Å²) in [5, 5.41) is 2.86. The highest BCUT2D eigenvalue weighted by Crippen LogP contribution is 2.14. The van der Waals surface area contributed by atoms with Crippen LogP contribution in [-0.2, 0) is 16.0 Å². The predicted octanol–water partition coefficient (Wildman–Crippen LogP) is 3.73. The monoisotopic (exact) mass is 261 g/mol. The average Bonchev–Trinajstić information content (AvgIpc) is 2.43. The summed E-state index contributed by atoms with van der Waals surface area (Å²) in [5.74, 6) is 0.370. The van der Waals surface area contributed by atoms with Gasteiger partial charge in [0, 0.05) is 24.9 Å². The molecule has 1 amide bonds. The largest absolute Gasteiger partial charge is 0.326 e. The van der Waals surface area contributed by atoms with Crippen molar-refractivity contribution in [3.8, 4) is 0 Å². The summed E-state index contributed by atoms with van der Waals surface area (Å²) in [7, 11) is 0. The lowest BCUT2D eigenvalue weighted by atomic mass is 10.0. The van der Waals surface area contributed by atoms with Gasteiger partial charge in [0.1, 0.15) is 5.78 Å². The Morgan fingerprint density at radius 2 is 1.89 bits per heavy atom. The van der Waals surface area contributed by atoms with Gasteiger partial charge in [0.15, 0.2) is 0 Å². The van der Waals surface area contributed by atoms with Crippen LogP contribution in [0.4, 0.5) is 5.69 Å². The molecule has 0 radical (unpaired) electrons. The second kappa shape index (κ2) is 8.46. The Bertz CT molecular complexity index is 427. The zero-order valence-electron chi connectivity index (χ0n) is 11.9. The van der Waals surface area contributed by atoms with Crippen LogP contribution < -0.4 is 5.32 Å². The summed E-state index contributed by atoms with van der Waals surface area (Å²) >= 11 is 0. The van der Waals surface area contributed by atoms with Crippen molar-refractivity contribution in [3.63, 3.8) is 0 Å². The molecule has 0 saturated heterocycles. The summed E-state index contributed by atoms with van der Waals surface area (Å²) in [6, 6.07) is 7.92. The van der Waals surface area contributed by atoms with Crippen LogP contribution in [-0.4, -0.2) is 11.7 Å². The van der Waals surface area contributed by atoms with Crippen LogP contribution in [0.15, 0.2) is 24.3 Å². The Balaban J connectivity index is 2.39. The zero-order valence-corrected chi connectivity index (χ0v) is 11.9. The first-order chi connectivity index (χ1) is 9.15. The first-order valence-electron chi connectivity index (χ1n) is 7.06. The van der Waals surface area contributed by atoms with E-state index >= 15 is 0 Å². The number of benzene rings is 1. The number of carbonyl (C=O) groups is 2. The summed E-state index contributed by atoms with van der Waals surface area (Å²) in [5.41, 5.74) is 2.06. The number of nitrogens with one attached hydrogen (secondary N) is 1. The van der Waals surface area contributed by atoms with E-state index in [1.165, 1.54) is 5.56 Å². The smallest absolute Gasteiger partial charge is 0.224 e. The molecule has 0 spiro atoms. The van der Waals surface area contributed by atoms with Crippen molar-refractivity contribution in [1.29, 1.82) is 0 Å². The van der Waals surface area contributed by atoms with E-state index in [9.17, 15) is 9.59 Å². The van der Waals surface area contributed by atoms with Crippen LogP contribution in [0, 0.1) is 0 Å². The number of anilines is 1. The summed E-state index contributed by atoms with van der Waals surface area (Å²) in [6.45, 7) is 3.74. The Kier molecular flexibility index (Phi) is 6.86. The van der Waals surface area contributed by atoms with Crippen molar-refractivity contribution in [2.24, 2.45) is 0 Å². The van der Waals surface area contributed by atoms with Gasteiger partial charge in [0.25, 0.3) is 0 Å². The van der Waals surface area contributed by atoms with E-state index in [0.717, 1.165) is 24.9 Å². The fourth-order valence-electron chi connectivity index (χ4n) is 1.88. The maximum atomic E-state index is 11.3. The summed E-state index contributed by atoms with van der Waals surface area (Å²) in [4.78, 5) is 22.5. The fourth-order valence-corrected chi connectivity index (χ4v) is 1.88. The molecule has 19 heavy (non-hydrogen) atoms. The van der Waals surface area contributed by atoms with Gasteiger partial charge < -0.3 is 5.32 Å². The Morgan fingerprint density at radius 3 is 2.58 bits per heavy atom. The predicted molar refractivity (Wildman–Crippen MR) is 78.2 cm³/mol. The summed E-state index contributed by atoms with van der Waals surface area (Å²) in [6.07, 6.45) is 4.71. The number of hydrogen-bond donors (Lipinski definition) is 1. The van der Waals surface area contributed by atoms with Crippen molar-refractivity contribution in [3.05, 3.63) is 29.8 Å². The number of ketones is 1. The number of aryl methyl sites for hydroxylation is 1. The Labute approximate surface area is 115 Å². The number of amides is 1. The lowest BCUT2D eigenvalue weighted by Gasteiger charge is -2.06. The van der Waals surface area contributed by atoms with Crippen LogP contribution in [0.3, 0.4) is 0 Å². The zero-order chi connectivity index (χ0) is 14.1.